The average Bonchev–Trinajstić information content (AvgIpc) is 3.08. The van der Waals surface area contributed by atoms with E-state index in [4.69, 9.17) is 9.84 Å². The lowest BCUT2D eigenvalue weighted by molar-refractivity contribution is -0.138. The van der Waals surface area contributed by atoms with E-state index in [1.54, 1.807) is 6.07 Å². The van der Waals surface area contributed by atoms with Gasteiger partial charge in [-0.05, 0) is 25.3 Å². The van der Waals surface area contributed by atoms with E-state index in [0.717, 1.165) is 30.4 Å². The molecule has 32 heavy (non-hydrogen) atoms. The maximum absolute atomic E-state index is 12.3. The van der Waals surface area contributed by atoms with Gasteiger partial charge in [0.25, 0.3) is 5.91 Å². The molecule has 9 heteroatoms. The molecule has 0 spiro atoms. The first-order chi connectivity index (χ1) is 15.4. The third-order valence-electron chi connectivity index (χ3n) is 5.70. The minimum absolute atomic E-state index is 0.125. The Morgan fingerprint density at radius 3 is 2.75 bits per heavy atom. The van der Waals surface area contributed by atoms with Crippen molar-refractivity contribution in [3.63, 3.8) is 0 Å². The number of carboxylic acids is 1. The summed E-state index contributed by atoms with van der Waals surface area (Å²) in [5.41, 5.74) is 2.44. The number of ether oxygens (including phenoxy) is 1. The third kappa shape index (κ3) is 5.87. The van der Waals surface area contributed by atoms with E-state index in [-0.39, 0.29) is 30.7 Å². The highest BCUT2D eigenvalue weighted by atomic mass is 16.5. The number of carbonyl (C=O) groups excluding carboxylic acids is 3. The van der Waals surface area contributed by atoms with E-state index in [1.165, 1.54) is 0 Å². The van der Waals surface area contributed by atoms with Crippen LogP contribution in [0, 0.1) is 0 Å². The second-order valence-corrected chi connectivity index (χ2v) is 8.02. The van der Waals surface area contributed by atoms with Gasteiger partial charge in [0.2, 0.25) is 11.8 Å². The van der Waals surface area contributed by atoms with Crippen LogP contribution in [-0.4, -0.2) is 52.9 Å². The number of unbranched alkanes of at least 4 members (excludes halogenated alkanes) is 3. The minimum Gasteiger partial charge on any atom is -0.483 e. The number of imide groups is 1. The van der Waals surface area contributed by atoms with Gasteiger partial charge in [-0.1, -0.05) is 31.6 Å². The molecule has 0 aliphatic carbocycles. The highest BCUT2D eigenvalue weighted by Crippen LogP contribution is 2.39. The van der Waals surface area contributed by atoms with Crippen LogP contribution in [0.1, 0.15) is 56.1 Å². The van der Waals surface area contributed by atoms with E-state index in [1.807, 2.05) is 17.0 Å². The molecule has 1 fully saturated rings. The maximum Gasteiger partial charge on any atom is 0.303 e. The first kappa shape index (κ1) is 23.3. The molecule has 0 unspecified atom stereocenters. The van der Waals surface area contributed by atoms with Crippen LogP contribution >= 0.6 is 0 Å². The summed E-state index contributed by atoms with van der Waals surface area (Å²) >= 11 is 0. The van der Waals surface area contributed by atoms with Gasteiger partial charge in [0.15, 0.2) is 6.61 Å². The number of benzene rings is 1. The zero-order valence-electron chi connectivity index (χ0n) is 18.0. The van der Waals surface area contributed by atoms with Gasteiger partial charge < -0.3 is 20.1 Å². The summed E-state index contributed by atoms with van der Waals surface area (Å²) in [6, 6.07) is 5.05. The first-order valence-electron chi connectivity index (χ1n) is 10.9. The molecule has 0 aromatic heterocycles. The predicted molar refractivity (Wildman–Crippen MR) is 116 cm³/mol. The smallest absolute Gasteiger partial charge is 0.303 e. The standard InChI is InChI=1S/C23H29N3O6/c1-15-16-7-6-8-19(17(16)13-26(15)18-10-11-20(27)25-23(18)31)32-14-21(28)24-12-5-3-2-4-9-22(29)30/h6-8,18H,1-5,9-14H2,(H,24,28)(H,29,30)(H,25,27,31)/t18-/m0/s1. The Kier molecular flexibility index (Phi) is 7.86. The zero-order chi connectivity index (χ0) is 23.1. The summed E-state index contributed by atoms with van der Waals surface area (Å²) in [7, 11) is 0. The quantitative estimate of drug-likeness (QED) is 0.352. The Morgan fingerprint density at radius 2 is 2.00 bits per heavy atom. The van der Waals surface area contributed by atoms with Gasteiger partial charge in [-0.25, -0.2) is 0 Å². The lowest BCUT2D eigenvalue weighted by atomic mass is 10.0. The molecule has 0 saturated carbocycles. The van der Waals surface area contributed by atoms with Crippen LogP contribution < -0.4 is 15.4 Å². The van der Waals surface area contributed by atoms with Gasteiger partial charge in [-0.3, -0.25) is 24.5 Å². The number of nitrogens with one attached hydrogen (secondary N) is 2. The van der Waals surface area contributed by atoms with E-state index in [2.05, 4.69) is 17.2 Å². The van der Waals surface area contributed by atoms with E-state index in [0.29, 0.717) is 43.8 Å². The Labute approximate surface area is 186 Å². The number of rotatable bonds is 11. The number of hydrogen-bond acceptors (Lipinski definition) is 6. The fourth-order valence-electron chi connectivity index (χ4n) is 4.01. The number of fused-ring (bicyclic) bond motifs is 1. The van der Waals surface area contributed by atoms with Crippen LogP contribution in [0.25, 0.3) is 5.70 Å². The minimum atomic E-state index is -0.786. The molecule has 2 aliphatic heterocycles. The zero-order valence-corrected chi connectivity index (χ0v) is 18.0. The molecule has 1 aromatic rings. The Balaban J connectivity index is 1.47. The lowest BCUT2D eigenvalue weighted by Crippen LogP contribution is -2.50. The maximum atomic E-state index is 12.3. The second-order valence-electron chi connectivity index (χ2n) is 8.02. The Morgan fingerprint density at radius 1 is 1.22 bits per heavy atom. The Hall–Kier alpha value is -3.36. The van der Waals surface area contributed by atoms with Crippen LogP contribution in [0.4, 0.5) is 0 Å². The molecule has 0 radical (unpaired) electrons. The third-order valence-corrected chi connectivity index (χ3v) is 5.70. The number of carbonyl (C=O) groups is 4. The van der Waals surface area contributed by atoms with Crippen LogP contribution in [0.2, 0.25) is 0 Å². The van der Waals surface area contributed by atoms with Gasteiger partial charge in [0.1, 0.15) is 11.8 Å². The number of piperidine rings is 1. The predicted octanol–water partition coefficient (Wildman–Crippen LogP) is 1.81. The van der Waals surface area contributed by atoms with Crippen LogP contribution in [0.3, 0.4) is 0 Å². The largest absolute Gasteiger partial charge is 0.483 e. The fraction of sp³-hybridized carbons (Fsp3) is 0.478. The van der Waals surface area contributed by atoms with Crippen LogP contribution in [0.15, 0.2) is 24.8 Å². The summed E-state index contributed by atoms with van der Waals surface area (Å²) in [6.07, 6.45) is 4.02. The highest BCUT2D eigenvalue weighted by molar-refractivity contribution is 6.01. The lowest BCUT2D eigenvalue weighted by Gasteiger charge is -2.31. The molecule has 1 saturated heterocycles. The molecule has 1 aromatic carbocycles. The molecular formula is C23H29N3O6. The molecule has 3 N–H and O–H groups in total. The number of hydrogen-bond donors (Lipinski definition) is 3. The van der Waals surface area contributed by atoms with E-state index < -0.39 is 12.0 Å². The molecule has 3 rings (SSSR count). The number of carboxylic acid groups (broad SMARTS) is 1. The van der Waals surface area contributed by atoms with E-state index in [9.17, 15) is 19.2 Å². The van der Waals surface area contributed by atoms with E-state index >= 15 is 0 Å². The van der Waals surface area contributed by atoms with Crippen molar-refractivity contribution in [1.29, 1.82) is 0 Å². The van der Waals surface area contributed by atoms with Crippen molar-refractivity contribution in [3.05, 3.63) is 35.9 Å². The molecule has 2 aliphatic rings. The number of amides is 3. The Bertz CT molecular complexity index is 913. The van der Waals surface area contributed by atoms with Crippen molar-refractivity contribution in [2.75, 3.05) is 13.2 Å². The van der Waals surface area contributed by atoms with Crippen molar-refractivity contribution in [2.24, 2.45) is 0 Å². The average molecular weight is 444 g/mol. The summed E-state index contributed by atoms with van der Waals surface area (Å²) in [4.78, 5) is 48.2. The first-order valence-corrected chi connectivity index (χ1v) is 10.9. The van der Waals surface area contributed by atoms with Crippen molar-refractivity contribution < 1.29 is 29.0 Å². The molecular weight excluding hydrogens is 414 g/mol. The SMILES string of the molecule is C=C1c2cccc(OCC(=O)NCCCCCCC(=O)O)c2CN1[C@H]1CCC(=O)NC1=O. The topological polar surface area (TPSA) is 125 Å². The normalized spacial score (nSPS) is 17.7. The number of aliphatic carboxylic acids is 1. The van der Waals surface area contributed by atoms with Gasteiger partial charge in [0, 0.05) is 42.8 Å². The van der Waals surface area contributed by atoms with Crippen molar-refractivity contribution in [3.8, 4) is 5.75 Å². The summed E-state index contributed by atoms with van der Waals surface area (Å²) in [6.45, 7) is 4.93. The van der Waals surface area contributed by atoms with Gasteiger partial charge in [0.05, 0.1) is 0 Å². The van der Waals surface area contributed by atoms with Crippen LogP contribution in [0.5, 0.6) is 5.75 Å². The summed E-state index contributed by atoms with van der Waals surface area (Å²) in [5.74, 6) is -1.02. The second kappa shape index (κ2) is 10.8. The fourth-order valence-corrected chi connectivity index (χ4v) is 4.01. The summed E-state index contributed by atoms with van der Waals surface area (Å²) in [5, 5.41) is 13.8. The van der Waals surface area contributed by atoms with Crippen LogP contribution in [-0.2, 0) is 25.7 Å². The number of nitrogens with zero attached hydrogens (tertiary/aromatic N) is 1. The highest BCUT2D eigenvalue weighted by Gasteiger charge is 2.37. The molecule has 172 valence electrons. The van der Waals surface area contributed by atoms with Gasteiger partial charge >= 0.3 is 5.97 Å². The monoisotopic (exact) mass is 443 g/mol. The molecule has 9 nitrogen and oxygen atoms in total. The molecule has 1 atom stereocenters. The van der Waals surface area contributed by atoms with Crippen molar-refractivity contribution in [1.82, 2.24) is 15.5 Å². The van der Waals surface area contributed by atoms with Crippen molar-refractivity contribution >= 4 is 29.4 Å². The molecule has 0 bridgehead atoms. The van der Waals surface area contributed by atoms with Crippen molar-refractivity contribution in [2.45, 2.75) is 57.5 Å². The summed E-state index contributed by atoms with van der Waals surface area (Å²) < 4.78 is 5.76. The molecule has 2 heterocycles. The van der Waals surface area contributed by atoms with Gasteiger partial charge in [-0.15, -0.1) is 0 Å². The van der Waals surface area contributed by atoms with Gasteiger partial charge in [-0.2, -0.15) is 0 Å². The molecule has 3 amide bonds.